The molecular weight excluding hydrogens is 258 g/mol. The van der Waals surface area contributed by atoms with Gasteiger partial charge < -0.3 is 4.74 Å². The van der Waals surface area contributed by atoms with E-state index in [9.17, 15) is 4.79 Å². The molecule has 0 spiro atoms. The molecule has 0 saturated carbocycles. The van der Waals surface area contributed by atoms with Gasteiger partial charge in [0.2, 0.25) is 0 Å². The fourth-order valence-electron chi connectivity index (χ4n) is 1.88. The summed E-state index contributed by atoms with van der Waals surface area (Å²) in [5.74, 6) is 1.37. The molecule has 19 heavy (non-hydrogen) atoms. The summed E-state index contributed by atoms with van der Waals surface area (Å²) < 4.78 is 5.82. The van der Waals surface area contributed by atoms with Gasteiger partial charge in [-0.15, -0.1) is 11.3 Å². The first-order chi connectivity index (χ1) is 9.26. The summed E-state index contributed by atoms with van der Waals surface area (Å²) in [5, 5.41) is 2.85. The van der Waals surface area contributed by atoms with Crippen molar-refractivity contribution in [3.05, 3.63) is 52.3 Å². The normalized spacial score (nSPS) is 10.6. The number of aldehydes is 1. The summed E-state index contributed by atoms with van der Waals surface area (Å²) in [6.45, 7) is 1.95. The minimum absolute atomic E-state index is 0.652. The van der Waals surface area contributed by atoms with Crippen molar-refractivity contribution in [2.24, 2.45) is 0 Å². The Labute approximate surface area is 114 Å². The Morgan fingerprint density at radius 1 is 1.26 bits per heavy atom. The van der Waals surface area contributed by atoms with Gasteiger partial charge in [0.05, 0.1) is 4.88 Å². The highest BCUT2D eigenvalue weighted by atomic mass is 32.1. The summed E-state index contributed by atoms with van der Waals surface area (Å²) in [4.78, 5) is 15.8. The van der Waals surface area contributed by atoms with Crippen LogP contribution >= 0.6 is 11.3 Å². The van der Waals surface area contributed by atoms with Crippen molar-refractivity contribution in [3.8, 4) is 11.5 Å². The van der Waals surface area contributed by atoms with Gasteiger partial charge in [-0.2, -0.15) is 0 Å². The predicted octanol–water partition coefficient (Wildman–Crippen LogP) is 4.21. The van der Waals surface area contributed by atoms with E-state index < -0.39 is 0 Å². The Morgan fingerprint density at radius 2 is 2.16 bits per heavy atom. The molecule has 1 aromatic carbocycles. The molecule has 0 bridgehead atoms. The van der Waals surface area contributed by atoms with Crippen molar-refractivity contribution >= 4 is 28.5 Å². The molecule has 2 heterocycles. The van der Waals surface area contributed by atoms with E-state index in [1.54, 1.807) is 6.07 Å². The maximum absolute atomic E-state index is 10.7. The fourth-order valence-corrected chi connectivity index (χ4v) is 2.48. The van der Waals surface area contributed by atoms with Crippen LogP contribution in [0.2, 0.25) is 0 Å². The van der Waals surface area contributed by atoms with E-state index in [4.69, 9.17) is 4.74 Å². The molecule has 2 aromatic heterocycles. The molecule has 94 valence electrons. The van der Waals surface area contributed by atoms with E-state index >= 15 is 0 Å². The molecule has 0 saturated heterocycles. The lowest BCUT2D eigenvalue weighted by atomic mass is 10.2. The summed E-state index contributed by atoms with van der Waals surface area (Å²) in [5.41, 5.74) is 1.78. The average molecular weight is 269 g/mol. The third-order valence-corrected chi connectivity index (χ3v) is 3.60. The first-order valence-electron chi connectivity index (χ1n) is 5.84. The largest absolute Gasteiger partial charge is 0.454 e. The van der Waals surface area contributed by atoms with Gasteiger partial charge in [0.1, 0.15) is 11.3 Å². The Kier molecular flexibility index (Phi) is 3.01. The zero-order chi connectivity index (χ0) is 13.2. The lowest BCUT2D eigenvalue weighted by Crippen LogP contribution is -1.88. The smallest absolute Gasteiger partial charge is 0.160 e. The van der Waals surface area contributed by atoms with Crippen molar-refractivity contribution in [3.63, 3.8) is 0 Å². The maximum atomic E-state index is 10.7. The van der Waals surface area contributed by atoms with Gasteiger partial charge in [-0.25, -0.2) is 4.98 Å². The number of carbonyl (C=O) groups is 1. The summed E-state index contributed by atoms with van der Waals surface area (Å²) in [7, 11) is 0. The van der Waals surface area contributed by atoms with E-state index in [1.807, 2.05) is 42.6 Å². The fraction of sp³-hybridized carbons (Fsp3) is 0.0667. The first kappa shape index (κ1) is 11.9. The maximum Gasteiger partial charge on any atom is 0.160 e. The molecule has 0 aliphatic heterocycles. The second-order valence-electron chi connectivity index (χ2n) is 4.19. The molecular formula is C15H11NO2S. The third kappa shape index (κ3) is 2.35. The Bertz CT molecular complexity index is 749. The Hall–Kier alpha value is -2.20. The molecule has 3 aromatic rings. The van der Waals surface area contributed by atoms with Crippen LogP contribution in [-0.2, 0) is 0 Å². The number of nitrogens with zero attached hydrogens (tertiary/aromatic N) is 1. The van der Waals surface area contributed by atoms with Crippen LogP contribution in [0.15, 0.2) is 41.8 Å². The molecule has 0 aliphatic rings. The van der Waals surface area contributed by atoms with Gasteiger partial charge in [-0.05, 0) is 19.1 Å². The van der Waals surface area contributed by atoms with Crippen LogP contribution in [0.25, 0.3) is 10.9 Å². The van der Waals surface area contributed by atoms with E-state index in [1.165, 1.54) is 11.3 Å². The van der Waals surface area contributed by atoms with Crippen molar-refractivity contribution < 1.29 is 9.53 Å². The molecule has 0 fully saturated rings. The van der Waals surface area contributed by atoms with Crippen LogP contribution in [0.5, 0.6) is 11.5 Å². The minimum atomic E-state index is 0.652. The van der Waals surface area contributed by atoms with Gasteiger partial charge in [-0.3, -0.25) is 4.79 Å². The third-order valence-electron chi connectivity index (χ3n) is 2.76. The van der Waals surface area contributed by atoms with Crippen molar-refractivity contribution in [1.29, 1.82) is 0 Å². The predicted molar refractivity (Wildman–Crippen MR) is 76.3 cm³/mol. The number of aryl methyl sites for hydroxylation is 1. The summed E-state index contributed by atoms with van der Waals surface area (Å²) >= 11 is 1.36. The zero-order valence-electron chi connectivity index (χ0n) is 10.3. The molecule has 0 radical (unpaired) electrons. The van der Waals surface area contributed by atoms with Crippen LogP contribution < -0.4 is 4.74 Å². The lowest BCUT2D eigenvalue weighted by Gasteiger charge is -2.07. The van der Waals surface area contributed by atoms with E-state index in [0.29, 0.717) is 16.4 Å². The molecule has 0 amide bonds. The summed E-state index contributed by atoms with van der Waals surface area (Å²) in [6.07, 6.45) is 0.822. The van der Waals surface area contributed by atoms with Crippen LogP contribution in [0, 0.1) is 6.92 Å². The van der Waals surface area contributed by atoms with Gasteiger partial charge >= 0.3 is 0 Å². The van der Waals surface area contributed by atoms with Crippen LogP contribution in [0.4, 0.5) is 0 Å². The van der Waals surface area contributed by atoms with Gasteiger partial charge in [-0.1, -0.05) is 18.2 Å². The average Bonchev–Trinajstić information content (AvgIpc) is 2.87. The molecule has 0 atom stereocenters. The van der Waals surface area contributed by atoms with Crippen LogP contribution in [0.1, 0.15) is 15.4 Å². The number of hydrogen-bond donors (Lipinski definition) is 0. The molecule has 0 aliphatic carbocycles. The number of thiophene rings is 1. The molecule has 0 N–H and O–H groups in total. The first-order valence-corrected chi connectivity index (χ1v) is 6.72. The highest BCUT2D eigenvalue weighted by molar-refractivity contribution is 7.11. The van der Waals surface area contributed by atoms with Crippen molar-refractivity contribution in [1.82, 2.24) is 4.98 Å². The highest BCUT2D eigenvalue weighted by Gasteiger charge is 2.06. The SMILES string of the molecule is Cc1ccc2cccc(Oc3csc(C=O)c3)c2n1. The molecule has 3 nitrogen and oxygen atoms in total. The van der Waals surface area contributed by atoms with E-state index in [-0.39, 0.29) is 0 Å². The highest BCUT2D eigenvalue weighted by Crippen LogP contribution is 2.30. The number of para-hydroxylation sites is 1. The minimum Gasteiger partial charge on any atom is -0.454 e. The number of fused-ring (bicyclic) bond motifs is 1. The van der Waals surface area contributed by atoms with Crippen molar-refractivity contribution in [2.75, 3.05) is 0 Å². The van der Waals surface area contributed by atoms with Crippen LogP contribution in [0.3, 0.4) is 0 Å². The quantitative estimate of drug-likeness (QED) is 0.669. The number of hydrogen-bond acceptors (Lipinski definition) is 4. The standard InChI is InChI=1S/C15H11NO2S/c1-10-5-6-11-3-2-4-14(15(11)16-10)18-12-7-13(8-17)19-9-12/h2-9H,1H3. The monoisotopic (exact) mass is 269 g/mol. The second kappa shape index (κ2) is 4.82. The number of carbonyl (C=O) groups excluding carboxylic acids is 1. The topological polar surface area (TPSA) is 39.2 Å². The lowest BCUT2D eigenvalue weighted by molar-refractivity contribution is 0.112. The summed E-state index contributed by atoms with van der Waals surface area (Å²) in [6, 6.07) is 11.5. The van der Waals surface area contributed by atoms with Gasteiger partial charge in [0, 0.05) is 22.5 Å². The number of pyridine rings is 1. The number of benzene rings is 1. The van der Waals surface area contributed by atoms with Crippen molar-refractivity contribution in [2.45, 2.75) is 6.92 Å². The zero-order valence-corrected chi connectivity index (χ0v) is 11.1. The molecule has 4 heteroatoms. The number of rotatable bonds is 3. The van der Waals surface area contributed by atoms with E-state index in [0.717, 1.165) is 22.9 Å². The second-order valence-corrected chi connectivity index (χ2v) is 5.13. The molecule has 0 unspecified atom stereocenters. The Morgan fingerprint density at radius 3 is 2.95 bits per heavy atom. The Balaban J connectivity index is 2.04. The van der Waals surface area contributed by atoms with E-state index in [2.05, 4.69) is 4.98 Å². The van der Waals surface area contributed by atoms with Crippen LogP contribution in [-0.4, -0.2) is 11.3 Å². The number of ether oxygens (including phenoxy) is 1. The van der Waals surface area contributed by atoms with Gasteiger partial charge in [0.25, 0.3) is 0 Å². The molecule has 3 rings (SSSR count). The van der Waals surface area contributed by atoms with Gasteiger partial charge in [0.15, 0.2) is 12.0 Å². The number of aromatic nitrogens is 1.